The van der Waals surface area contributed by atoms with E-state index in [1.807, 2.05) is 20.8 Å². The van der Waals surface area contributed by atoms with E-state index >= 15 is 0 Å². The number of hydrogen-bond acceptors (Lipinski definition) is 4. The first-order valence-corrected chi connectivity index (χ1v) is 4.49. The molecule has 1 aromatic rings. The van der Waals surface area contributed by atoms with Crippen molar-refractivity contribution in [2.75, 3.05) is 0 Å². The number of carbonyl (C=O) groups is 1. The van der Waals surface area contributed by atoms with Gasteiger partial charge in [0.25, 0.3) is 0 Å². The molecule has 0 radical (unpaired) electrons. The third-order valence-corrected chi connectivity index (χ3v) is 1.79. The highest BCUT2D eigenvalue weighted by molar-refractivity contribution is 7.11. The highest BCUT2D eigenvalue weighted by atomic mass is 32.1. The van der Waals surface area contributed by atoms with Crippen molar-refractivity contribution in [1.82, 2.24) is 4.98 Å². The van der Waals surface area contributed by atoms with Crippen molar-refractivity contribution in [1.29, 1.82) is 0 Å². The molecule has 0 saturated carbocycles. The molecule has 1 heterocycles. The topological polar surface area (TPSA) is 39.2 Å². The maximum absolute atomic E-state index is 11.3. The summed E-state index contributed by atoms with van der Waals surface area (Å²) in [5.41, 5.74) is 1.18. The van der Waals surface area contributed by atoms with Gasteiger partial charge in [0.1, 0.15) is 10.5 Å². The number of ether oxygens (including phenoxy) is 1. The molecule has 0 atom stereocenters. The van der Waals surface area contributed by atoms with Gasteiger partial charge in [0.05, 0.1) is 11.7 Å². The molecule has 12 heavy (non-hydrogen) atoms. The number of nitrogens with zero attached hydrogens (tertiary/aromatic N) is 1. The van der Waals surface area contributed by atoms with Crippen LogP contribution >= 0.6 is 11.3 Å². The van der Waals surface area contributed by atoms with Crippen molar-refractivity contribution in [3.63, 3.8) is 0 Å². The molecule has 1 aromatic heterocycles. The van der Waals surface area contributed by atoms with Crippen LogP contribution in [0, 0.1) is 0 Å². The average molecular weight is 185 g/mol. The molecule has 0 bridgehead atoms. The van der Waals surface area contributed by atoms with E-state index in [2.05, 4.69) is 4.98 Å². The molecule has 0 aliphatic carbocycles. The summed E-state index contributed by atoms with van der Waals surface area (Å²) in [6.07, 6.45) is 1.51. The minimum Gasteiger partial charge on any atom is -0.456 e. The number of hydrogen-bond donors (Lipinski definition) is 0. The van der Waals surface area contributed by atoms with Gasteiger partial charge >= 0.3 is 5.97 Å². The van der Waals surface area contributed by atoms with Gasteiger partial charge in [-0.05, 0) is 20.8 Å². The van der Waals surface area contributed by atoms with Crippen molar-refractivity contribution in [3.05, 3.63) is 16.6 Å². The lowest BCUT2D eigenvalue weighted by Crippen LogP contribution is -2.23. The number of esters is 1. The zero-order valence-corrected chi connectivity index (χ0v) is 8.14. The van der Waals surface area contributed by atoms with Crippen LogP contribution in [0.2, 0.25) is 0 Å². The molecular weight excluding hydrogens is 174 g/mol. The molecular formula is C8H11NO2S. The summed E-state index contributed by atoms with van der Waals surface area (Å²) >= 11 is 1.29. The molecule has 0 fully saturated rings. The number of carbonyl (C=O) groups excluding carboxylic acids is 1. The van der Waals surface area contributed by atoms with Crippen LogP contribution < -0.4 is 0 Å². The fourth-order valence-corrected chi connectivity index (χ4v) is 1.14. The van der Waals surface area contributed by atoms with E-state index in [1.54, 1.807) is 5.51 Å². The van der Waals surface area contributed by atoms with E-state index in [0.717, 1.165) is 0 Å². The predicted molar refractivity (Wildman–Crippen MR) is 47.3 cm³/mol. The Morgan fingerprint density at radius 2 is 2.25 bits per heavy atom. The molecule has 0 aliphatic rings. The Kier molecular flexibility index (Phi) is 2.47. The van der Waals surface area contributed by atoms with E-state index in [4.69, 9.17) is 4.74 Å². The highest BCUT2D eigenvalue weighted by Gasteiger charge is 2.18. The third-order valence-electron chi connectivity index (χ3n) is 1.03. The van der Waals surface area contributed by atoms with Crippen molar-refractivity contribution >= 4 is 17.3 Å². The molecule has 0 spiro atoms. The van der Waals surface area contributed by atoms with Crippen LogP contribution in [0.4, 0.5) is 0 Å². The lowest BCUT2D eigenvalue weighted by atomic mass is 10.2. The van der Waals surface area contributed by atoms with E-state index in [1.165, 1.54) is 17.5 Å². The summed E-state index contributed by atoms with van der Waals surface area (Å²) in [6, 6.07) is 0. The fourth-order valence-electron chi connectivity index (χ4n) is 0.645. The summed E-state index contributed by atoms with van der Waals surface area (Å²) in [7, 11) is 0. The Bertz CT molecular complexity index is 261. The van der Waals surface area contributed by atoms with E-state index < -0.39 is 5.60 Å². The Morgan fingerprint density at radius 3 is 2.67 bits per heavy atom. The van der Waals surface area contributed by atoms with Crippen molar-refractivity contribution in [2.24, 2.45) is 0 Å². The zero-order valence-electron chi connectivity index (χ0n) is 7.33. The van der Waals surface area contributed by atoms with Crippen LogP contribution in [-0.2, 0) is 4.74 Å². The zero-order chi connectivity index (χ0) is 9.19. The molecule has 0 aromatic carbocycles. The molecule has 0 aliphatic heterocycles. The first-order valence-electron chi connectivity index (χ1n) is 3.61. The van der Waals surface area contributed by atoms with Gasteiger partial charge in [-0.1, -0.05) is 0 Å². The van der Waals surface area contributed by atoms with Gasteiger partial charge in [-0.25, -0.2) is 4.79 Å². The van der Waals surface area contributed by atoms with Crippen LogP contribution in [0.25, 0.3) is 0 Å². The maximum atomic E-state index is 11.3. The fraction of sp³-hybridized carbons (Fsp3) is 0.500. The second-order valence-electron chi connectivity index (χ2n) is 3.37. The van der Waals surface area contributed by atoms with Gasteiger partial charge < -0.3 is 4.74 Å². The Balaban J connectivity index is 2.63. The Labute approximate surface area is 75.4 Å². The lowest BCUT2D eigenvalue weighted by molar-refractivity contribution is 0.00750. The Hall–Kier alpha value is -0.900. The number of thiazole rings is 1. The van der Waals surface area contributed by atoms with Crippen LogP contribution in [-0.4, -0.2) is 16.6 Å². The molecule has 0 amide bonds. The molecule has 66 valence electrons. The number of rotatable bonds is 1. The van der Waals surface area contributed by atoms with Crippen LogP contribution in [0.1, 0.15) is 30.4 Å². The van der Waals surface area contributed by atoms with Gasteiger partial charge in [-0.2, -0.15) is 0 Å². The van der Waals surface area contributed by atoms with Gasteiger partial charge in [0.15, 0.2) is 0 Å². The minimum atomic E-state index is -0.429. The normalized spacial score (nSPS) is 11.2. The van der Waals surface area contributed by atoms with E-state index in [9.17, 15) is 4.79 Å². The Morgan fingerprint density at radius 1 is 1.58 bits per heavy atom. The highest BCUT2D eigenvalue weighted by Crippen LogP contribution is 2.13. The lowest BCUT2D eigenvalue weighted by Gasteiger charge is -2.18. The standard InChI is InChI=1S/C8H11NO2S/c1-8(2,3)11-7(10)6-4-9-5-12-6/h4-5H,1-3H3. The summed E-state index contributed by atoms with van der Waals surface area (Å²) in [5, 5.41) is 0. The van der Waals surface area contributed by atoms with E-state index in [-0.39, 0.29) is 5.97 Å². The van der Waals surface area contributed by atoms with Gasteiger partial charge in [0.2, 0.25) is 0 Å². The maximum Gasteiger partial charge on any atom is 0.350 e. The molecule has 0 N–H and O–H groups in total. The predicted octanol–water partition coefficient (Wildman–Crippen LogP) is 2.10. The number of aromatic nitrogens is 1. The monoisotopic (exact) mass is 185 g/mol. The van der Waals surface area contributed by atoms with E-state index in [0.29, 0.717) is 4.88 Å². The van der Waals surface area contributed by atoms with Gasteiger partial charge in [-0.3, -0.25) is 4.98 Å². The summed E-state index contributed by atoms with van der Waals surface area (Å²) in [6.45, 7) is 5.52. The van der Waals surface area contributed by atoms with Gasteiger partial charge in [0, 0.05) is 0 Å². The second-order valence-corrected chi connectivity index (χ2v) is 4.25. The smallest absolute Gasteiger partial charge is 0.350 e. The van der Waals surface area contributed by atoms with Gasteiger partial charge in [-0.15, -0.1) is 11.3 Å². The van der Waals surface area contributed by atoms with Crippen molar-refractivity contribution < 1.29 is 9.53 Å². The molecule has 3 nitrogen and oxygen atoms in total. The molecule has 0 saturated heterocycles. The molecule has 4 heteroatoms. The van der Waals surface area contributed by atoms with Crippen LogP contribution in [0.15, 0.2) is 11.7 Å². The quantitative estimate of drug-likeness (QED) is 0.629. The summed E-state index contributed by atoms with van der Waals surface area (Å²) < 4.78 is 5.11. The first-order chi connectivity index (χ1) is 5.49. The SMILES string of the molecule is CC(C)(C)OC(=O)c1cncs1. The summed E-state index contributed by atoms with van der Waals surface area (Å²) in [5.74, 6) is -0.301. The first kappa shape index (κ1) is 9.19. The molecule has 1 rings (SSSR count). The van der Waals surface area contributed by atoms with Crippen LogP contribution in [0.5, 0.6) is 0 Å². The third kappa shape index (κ3) is 2.62. The van der Waals surface area contributed by atoms with Crippen LogP contribution in [0.3, 0.4) is 0 Å². The minimum absolute atomic E-state index is 0.301. The second kappa shape index (κ2) is 3.23. The van der Waals surface area contributed by atoms with Crippen molar-refractivity contribution in [3.8, 4) is 0 Å². The average Bonchev–Trinajstić information content (AvgIpc) is 2.32. The largest absolute Gasteiger partial charge is 0.456 e. The molecule has 0 unspecified atom stereocenters. The summed E-state index contributed by atoms with van der Waals surface area (Å²) in [4.78, 5) is 15.6. The van der Waals surface area contributed by atoms with Crippen molar-refractivity contribution in [2.45, 2.75) is 26.4 Å².